The first kappa shape index (κ1) is 14.3. The van der Waals surface area contributed by atoms with E-state index >= 15 is 0 Å². The van der Waals surface area contributed by atoms with Gasteiger partial charge >= 0.3 is 0 Å². The van der Waals surface area contributed by atoms with Crippen molar-refractivity contribution in [1.82, 2.24) is 10.3 Å². The van der Waals surface area contributed by atoms with Crippen molar-refractivity contribution >= 4 is 34.1 Å². The van der Waals surface area contributed by atoms with Crippen LogP contribution >= 0.6 is 11.6 Å². The number of nitrogens with one attached hydrogen (secondary N) is 2. The lowest BCUT2D eigenvalue weighted by Crippen LogP contribution is -2.28. The SMILES string of the molecule is C#CCNCC(=O)Nc1c(Cl)cc(C)c2ncccc12. The normalized spacial score (nSPS) is 10.2. The summed E-state index contributed by atoms with van der Waals surface area (Å²) in [6.07, 6.45) is 6.82. The van der Waals surface area contributed by atoms with E-state index in [1.165, 1.54) is 0 Å². The molecular weight excluding hydrogens is 274 g/mol. The van der Waals surface area contributed by atoms with E-state index in [1.807, 2.05) is 19.1 Å². The number of rotatable bonds is 4. The van der Waals surface area contributed by atoms with Gasteiger partial charge in [0.05, 0.1) is 29.3 Å². The van der Waals surface area contributed by atoms with Gasteiger partial charge < -0.3 is 5.32 Å². The Morgan fingerprint density at radius 2 is 2.35 bits per heavy atom. The molecular formula is C15H14ClN3O. The molecule has 1 heterocycles. The zero-order chi connectivity index (χ0) is 14.5. The summed E-state index contributed by atoms with van der Waals surface area (Å²) in [5.74, 6) is 2.21. The fourth-order valence-corrected chi connectivity index (χ4v) is 2.25. The lowest BCUT2D eigenvalue weighted by molar-refractivity contribution is -0.115. The number of amides is 1. The van der Waals surface area contributed by atoms with E-state index in [0.29, 0.717) is 17.3 Å². The van der Waals surface area contributed by atoms with Crippen molar-refractivity contribution in [3.8, 4) is 12.3 Å². The van der Waals surface area contributed by atoms with Gasteiger partial charge in [0, 0.05) is 11.6 Å². The first-order chi connectivity index (χ1) is 9.63. The van der Waals surface area contributed by atoms with Crippen LogP contribution in [0.1, 0.15) is 5.56 Å². The zero-order valence-electron chi connectivity index (χ0n) is 11.0. The third-order valence-electron chi connectivity index (χ3n) is 2.81. The van der Waals surface area contributed by atoms with Gasteiger partial charge in [-0.15, -0.1) is 6.42 Å². The molecule has 2 N–H and O–H groups in total. The molecule has 0 radical (unpaired) electrons. The number of hydrogen-bond acceptors (Lipinski definition) is 3. The van der Waals surface area contributed by atoms with E-state index in [1.54, 1.807) is 12.3 Å². The largest absolute Gasteiger partial charge is 0.323 e. The molecule has 0 aliphatic heterocycles. The van der Waals surface area contributed by atoms with Gasteiger partial charge in [-0.1, -0.05) is 17.5 Å². The molecule has 0 spiro atoms. The molecule has 0 unspecified atom stereocenters. The van der Waals surface area contributed by atoms with Gasteiger partial charge in [-0.25, -0.2) is 0 Å². The van der Waals surface area contributed by atoms with Crippen molar-refractivity contribution in [3.05, 3.63) is 35.0 Å². The maximum absolute atomic E-state index is 11.8. The molecule has 0 saturated heterocycles. The van der Waals surface area contributed by atoms with Crippen molar-refractivity contribution in [2.24, 2.45) is 0 Å². The molecule has 2 aromatic rings. The molecule has 0 aliphatic rings. The minimum atomic E-state index is -0.198. The molecule has 102 valence electrons. The van der Waals surface area contributed by atoms with Crippen LogP contribution in [0.5, 0.6) is 0 Å². The van der Waals surface area contributed by atoms with E-state index in [2.05, 4.69) is 21.5 Å². The number of halogens is 1. The number of benzene rings is 1. The van der Waals surface area contributed by atoms with Crippen LogP contribution in [-0.4, -0.2) is 24.0 Å². The number of carbonyl (C=O) groups is 1. The average Bonchev–Trinajstić information content (AvgIpc) is 2.44. The number of fused-ring (bicyclic) bond motifs is 1. The number of pyridine rings is 1. The summed E-state index contributed by atoms with van der Waals surface area (Å²) in [5, 5.41) is 6.94. The van der Waals surface area contributed by atoms with E-state index in [9.17, 15) is 4.79 Å². The molecule has 2 rings (SSSR count). The fraction of sp³-hybridized carbons (Fsp3) is 0.200. The number of nitrogens with zero attached hydrogens (tertiary/aromatic N) is 1. The predicted octanol–water partition coefficient (Wildman–Crippen LogP) is 2.36. The van der Waals surface area contributed by atoms with Gasteiger partial charge in [-0.05, 0) is 30.7 Å². The highest BCUT2D eigenvalue weighted by Gasteiger charge is 2.12. The summed E-state index contributed by atoms with van der Waals surface area (Å²) < 4.78 is 0. The van der Waals surface area contributed by atoms with Gasteiger partial charge in [-0.3, -0.25) is 15.1 Å². The Hall–Kier alpha value is -2.09. The molecule has 1 aromatic heterocycles. The lowest BCUT2D eigenvalue weighted by atomic mass is 10.1. The summed E-state index contributed by atoms with van der Waals surface area (Å²) in [5.41, 5.74) is 2.37. The maximum atomic E-state index is 11.8. The highest BCUT2D eigenvalue weighted by molar-refractivity contribution is 6.35. The standard InChI is InChI=1S/C15H14ClN3O/c1-3-6-17-9-13(20)19-15-11-5-4-7-18-14(11)10(2)8-12(15)16/h1,4-5,7-8,17H,6,9H2,2H3,(H,19,20). The molecule has 1 aromatic carbocycles. The second-order valence-corrected chi connectivity index (χ2v) is 4.71. The van der Waals surface area contributed by atoms with Crippen LogP contribution in [-0.2, 0) is 4.79 Å². The van der Waals surface area contributed by atoms with Crippen molar-refractivity contribution in [3.63, 3.8) is 0 Å². The summed E-state index contributed by atoms with van der Waals surface area (Å²) in [4.78, 5) is 16.2. The quantitative estimate of drug-likeness (QED) is 0.670. The van der Waals surface area contributed by atoms with E-state index in [0.717, 1.165) is 16.5 Å². The van der Waals surface area contributed by atoms with Gasteiger partial charge in [0.25, 0.3) is 0 Å². The Morgan fingerprint density at radius 1 is 1.55 bits per heavy atom. The number of aromatic nitrogens is 1. The van der Waals surface area contributed by atoms with Crippen LogP contribution in [0.3, 0.4) is 0 Å². The Bertz CT molecular complexity index is 691. The molecule has 0 bridgehead atoms. The fourth-order valence-electron chi connectivity index (χ4n) is 1.94. The minimum Gasteiger partial charge on any atom is -0.323 e. The third-order valence-corrected chi connectivity index (χ3v) is 3.11. The molecule has 5 heteroatoms. The van der Waals surface area contributed by atoms with Gasteiger partial charge in [0.2, 0.25) is 5.91 Å². The topological polar surface area (TPSA) is 54.0 Å². The Labute approximate surface area is 122 Å². The van der Waals surface area contributed by atoms with Crippen LogP contribution < -0.4 is 10.6 Å². The molecule has 0 fully saturated rings. The monoisotopic (exact) mass is 287 g/mol. The number of terminal acetylenes is 1. The summed E-state index contributed by atoms with van der Waals surface area (Å²) in [6.45, 7) is 2.41. The Kier molecular flexibility index (Phi) is 4.57. The maximum Gasteiger partial charge on any atom is 0.238 e. The summed E-state index contributed by atoms with van der Waals surface area (Å²) >= 11 is 6.22. The highest BCUT2D eigenvalue weighted by atomic mass is 35.5. The van der Waals surface area contributed by atoms with Crippen LogP contribution in [0, 0.1) is 19.3 Å². The van der Waals surface area contributed by atoms with Crippen LogP contribution in [0.2, 0.25) is 5.02 Å². The first-order valence-corrected chi connectivity index (χ1v) is 6.49. The molecule has 0 aliphatic carbocycles. The zero-order valence-corrected chi connectivity index (χ0v) is 11.8. The molecule has 0 saturated carbocycles. The first-order valence-electron chi connectivity index (χ1n) is 6.11. The number of carbonyl (C=O) groups excluding carboxylic acids is 1. The molecule has 4 nitrogen and oxygen atoms in total. The van der Waals surface area contributed by atoms with Crippen molar-refractivity contribution in [2.45, 2.75) is 6.92 Å². The van der Waals surface area contributed by atoms with E-state index in [4.69, 9.17) is 18.0 Å². The smallest absolute Gasteiger partial charge is 0.238 e. The van der Waals surface area contributed by atoms with Crippen LogP contribution in [0.15, 0.2) is 24.4 Å². The van der Waals surface area contributed by atoms with Gasteiger partial charge in [0.15, 0.2) is 0 Å². The third kappa shape index (κ3) is 3.08. The van der Waals surface area contributed by atoms with Crippen molar-refractivity contribution < 1.29 is 4.79 Å². The number of anilines is 1. The number of aryl methyl sites for hydroxylation is 1. The minimum absolute atomic E-state index is 0.135. The van der Waals surface area contributed by atoms with Crippen molar-refractivity contribution in [2.75, 3.05) is 18.4 Å². The Balaban J connectivity index is 2.30. The lowest BCUT2D eigenvalue weighted by Gasteiger charge is -2.12. The molecule has 20 heavy (non-hydrogen) atoms. The van der Waals surface area contributed by atoms with E-state index in [-0.39, 0.29) is 12.5 Å². The van der Waals surface area contributed by atoms with Crippen molar-refractivity contribution in [1.29, 1.82) is 0 Å². The molecule has 0 atom stereocenters. The molecule has 1 amide bonds. The Morgan fingerprint density at radius 3 is 3.10 bits per heavy atom. The highest BCUT2D eigenvalue weighted by Crippen LogP contribution is 2.32. The summed E-state index contributed by atoms with van der Waals surface area (Å²) in [7, 11) is 0. The van der Waals surface area contributed by atoms with Crippen LogP contribution in [0.25, 0.3) is 10.9 Å². The predicted molar refractivity (Wildman–Crippen MR) is 81.8 cm³/mol. The number of hydrogen-bond donors (Lipinski definition) is 2. The summed E-state index contributed by atoms with van der Waals surface area (Å²) in [6, 6.07) is 5.48. The van der Waals surface area contributed by atoms with Gasteiger partial charge in [-0.2, -0.15) is 0 Å². The van der Waals surface area contributed by atoms with Crippen LogP contribution in [0.4, 0.5) is 5.69 Å². The van der Waals surface area contributed by atoms with E-state index < -0.39 is 0 Å². The van der Waals surface area contributed by atoms with Gasteiger partial charge in [0.1, 0.15) is 0 Å². The second kappa shape index (κ2) is 6.38. The second-order valence-electron chi connectivity index (χ2n) is 4.31. The average molecular weight is 288 g/mol.